The molecule has 1 aliphatic carbocycles. The molecule has 0 radical (unpaired) electrons. The van der Waals surface area contributed by atoms with Gasteiger partial charge < -0.3 is 9.88 Å². The number of hydrogen-bond acceptors (Lipinski definition) is 2. The Morgan fingerprint density at radius 2 is 1.86 bits per heavy atom. The topological polar surface area (TPSA) is 34.0 Å². The first-order valence-corrected chi connectivity index (χ1v) is 7.47. The largest absolute Gasteiger partial charge is 0.320 e. The van der Waals surface area contributed by atoms with E-state index in [9.17, 15) is 4.79 Å². The van der Waals surface area contributed by atoms with Gasteiger partial charge in [0.25, 0.3) is 0 Å². The molecule has 0 unspecified atom stereocenters. The number of nitrogens with one attached hydrogen (secondary N) is 1. The van der Waals surface area contributed by atoms with Crippen molar-refractivity contribution in [2.24, 2.45) is 5.41 Å². The summed E-state index contributed by atoms with van der Waals surface area (Å²) in [7, 11) is 1.95. The number of hydrogen-bond donors (Lipinski definition) is 1. The third-order valence-corrected chi connectivity index (χ3v) is 4.17. The number of nitrogens with zero attached hydrogens (tertiary/aromatic N) is 1. The average molecular weight is 282 g/mol. The predicted octanol–water partition coefficient (Wildman–Crippen LogP) is 3.35. The molecule has 3 rings (SSSR count). The molecular weight excluding hydrogens is 260 g/mol. The van der Waals surface area contributed by atoms with Crippen LogP contribution in [0.2, 0.25) is 0 Å². The van der Waals surface area contributed by atoms with Gasteiger partial charge in [-0.25, -0.2) is 0 Å². The quantitative estimate of drug-likeness (QED) is 0.936. The van der Waals surface area contributed by atoms with Crippen molar-refractivity contribution in [2.75, 3.05) is 7.05 Å². The van der Waals surface area contributed by atoms with Crippen LogP contribution in [-0.2, 0) is 13.0 Å². The standard InChI is InChI=1S/C18H22N2O/c1-18(2)10-16-15(17(21)11-18)8-9-20(16)14-6-4-13(5-7-14)12-19-3/h4-9,19H,10-12H2,1-3H3. The van der Waals surface area contributed by atoms with Gasteiger partial charge in [-0.3, -0.25) is 4.79 Å². The molecule has 0 spiro atoms. The van der Waals surface area contributed by atoms with Gasteiger partial charge in [-0.1, -0.05) is 26.0 Å². The van der Waals surface area contributed by atoms with Crippen LogP contribution in [0.25, 0.3) is 5.69 Å². The zero-order chi connectivity index (χ0) is 15.0. The van der Waals surface area contributed by atoms with Crippen molar-refractivity contribution in [1.29, 1.82) is 0 Å². The lowest BCUT2D eigenvalue weighted by atomic mass is 9.76. The first-order chi connectivity index (χ1) is 10.00. The Bertz CT molecular complexity index is 665. The summed E-state index contributed by atoms with van der Waals surface area (Å²) in [6.45, 7) is 5.21. The Labute approximate surface area is 126 Å². The fourth-order valence-corrected chi connectivity index (χ4v) is 3.17. The number of carbonyl (C=O) groups excluding carboxylic acids is 1. The van der Waals surface area contributed by atoms with E-state index in [-0.39, 0.29) is 11.2 Å². The summed E-state index contributed by atoms with van der Waals surface area (Å²) in [6.07, 6.45) is 3.61. The Morgan fingerprint density at radius 3 is 2.52 bits per heavy atom. The summed E-state index contributed by atoms with van der Waals surface area (Å²) in [5.74, 6) is 0.270. The Morgan fingerprint density at radius 1 is 1.14 bits per heavy atom. The average Bonchev–Trinajstić information content (AvgIpc) is 2.82. The lowest BCUT2D eigenvalue weighted by molar-refractivity contribution is 0.0911. The molecule has 0 atom stereocenters. The van der Waals surface area contributed by atoms with Crippen LogP contribution >= 0.6 is 0 Å². The highest BCUT2D eigenvalue weighted by Gasteiger charge is 2.33. The van der Waals surface area contributed by atoms with Gasteiger partial charge in [-0.15, -0.1) is 0 Å². The molecule has 1 aliphatic rings. The second kappa shape index (κ2) is 5.15. The van der Waals surface area contributed by atoms with Crippen LogP contribution in [-0.4, -0.2) is 17.4 Å². The van der Waals surface area contributed by atoms with Gasteiger partial charge >= 0.3 is 0 Å². The molecule has 0 fully saturated rings. The van der Waals surface area contributed by atoms with Crippen LogP contribution in [0.3, 0.4) is 0 Å². The van der Waals surface area contributed by atoms with E-state index in [0.29, 0.717) is 6.42 Å². The summed E-state index contributed by atoms with van der Waals surface area (Å²) < 4.78 is 2.16. The Hall–Kier alpha value is -1.87. The maximum Gasteiger partial charge on any atom is 0.165 e. The SMILES string of the molecule is CNCc1ccc(-n2ccc3c2CC(C)(C)CC3=O)cc1. The van der Waals surface area contributed by atoms with Gasteiger partial charge in [0.2, 0.25) is 0 Å². The molecule has 0 bridgehead atoms. The lowest BCUT2D eigenvalue weighted by Gasteiger charge is -2.29. The first kappa shape index (κ1) is 14.1. The molecule has 21 heavy (non-hydrogen) atoms. The summed E-state index contributed by atoms with van der Waals surface area (Å²) in [5, 5.41) is 3.15. The number of carbonyl (C=O) groups is 1. The van der Waals surface area contributed by atoms with Gasteiger partial charge in [0, 0.05) is 36.1 Å². The van der Waals surface area contributed by atoms with E-state index in [1.165, 1.54) is 5.56 Å². The van der Waals surface area contributed by atoms with Gasteiger partial charge in [0.1, 0.15) is 0 Å². The molecule has 0 amide bonds. The van der Waals surface area contributed by atoms with Crippen LogP contribution < -0.4 is 5.32 Å². The molecule has 1 N–H and O–H groups in total. The van der Waals surface area contributed by atoms with Gasteiger partial charge in [0.15, 0.2) is 5.78 Å². The van der Waals surface area contributed by atoms with Crippen molar-refractivity contribution in [1.82, 2.24) is 9.88 Å². The van der Waals surface area contributed by atoms with E-state index in [1.54, 1.807) is 0 Å². The molecule has 0 aliphatic heterocycles. The lowest BCUT2D eigenvalue weighted by Crippen LogP contribution is -2.27. The number of Topliss-reactive ketones (excluding diaryl/α,β-unsaturated/α-hetero) is 1. The van der Waals surface area contributed by atoms with Crippen LogP contribution in [0.15, 0.2) is 36.5 Å². The molecule has 0 saturated heterocycles. The van der Waals surface area contributed by atoms with Crippen molar-refractivity contribution in [3.8, 4) is 5.69 Å². The van der Waals surface area contributed by atoms with Crippen molar-refractivity contribution in [3.63, 3.8) is 0 Å². The summed E-state index contributed by atoms with van der Waals surface area (Å²) >= 11 is 0. The number of rotatable bonds is 3. The van der Waals surface area contributed by atoms with Gasteiger partial charge in [-0.2, -0.15) is 0 Å². The van der Waals surface area contributed by atoms with Crippen molar-refractivity contribution >= 4 is 5.78 Å². The molecule has 3 nitrogen and oxygen atoms in total. The fraction of sp³-hybridized carbons (Fsp3) is 0.389. The first-order valence-electron chi connectivity index (χ1n) is 7.47. The summed E-state index contributed by atoms with van der Waals surface area (Å²) in [6, 6.07) is 10.5. The highest BCUT2D eigenvalue weighted by atomic mass is 16.1. The number of benzene rings is 1. The molecule has 2 aromatic rings. The third kappa shape index (κ3) is 2.66. The maximum absolute atomic E-state index is 12.3. The summed E-state index contributed by atoms with van der Waals surface area (Å²) in [4.78, 5) is 12.3. The molecule has 110 valence electrons. The maximum atomic E-state index is 12.3. The zero-order valence-corrected chi connectivity index (χ0v) is 12.9. The van der Waals surface area contributed by atoms with E-state index >= 15 is 0 Å². The van der Waals surface area contributed by atoms with E-state index in [4.69, 9.17) is 0 Å². The van der Waals surface area contributed by atoms with Crippen molar-refractivity contribution in [2.45, 2.75) is 33.2 Å². The predicted molar refractivity (Wildman–Crippen MR) is 85.0 cm³/mol. The molecule has 1 heterocycles. The fourth-order valence-electron chi connectivity index (χ4n) is 3.17. The highest BCUT2D eigenvalue weighted by Crippen LogP contribution is 2.36. The van der Waals surface area contributed by atoms with Crippen LogP contribution in [0, 0.1) is 5.41 Å². The van der Waals surface area contributed by atoms with Crippen molar-refractivity contribution < 1.29 is 4.79 Å². The van der Waals surface area contributed by atoms with E-state index < -0.39 is 0 Å². The molecule has 0 saturated carbocycles. The number of aromatic nitrogens is 1. The normalized spacial score (nSPS) is 16.8. The van der Waals surface area contributed by atoms with Crippen LogP contribution in [0.4, 0.5) is 0 Å². The minimum absolute atomic E-state index is 0.0479. The Kier molecular flexibility index (Phi) is 3.46. The third-order valence-electron chi connectivity index (χ3n) is 4.17. The van der Waals surface area contributed by atoms with Gasteiger partial charge in [0.05, 0.1) is 0 Å². The smallest absolute Gasteiger partial charge is 0.165 e. The Balaban J connectivity index is 1.99. The minimum atomic E-state index is 0.0479. The van der Waals surface area contributed by atoms with Crippen LogP contribution in [0.5, 0.6) is 0 Å². The minimum Gasteiger partial charge on any atom is -0.320 e. The van der Waals surface area contributed by atoms with Crippen molar-refractivity contribution in [3.05, 3.63) is 53.3 Å². The van der Waals surface area contributed by atoms with Gasteiger partial charge in [-0.05, 0) is 42.6 Å². The van der Waals surface area contributed by atoms with Crippen LogP contribution in [0.1, 0.15) is 41.9 Å². The second-order valence-electron chi connectivity index (χ2n) is 6.68. The zero-order valence-electron chi connectivity index (χ0n) is 12.9. The molecule has 1 aromatic heterocycles. The van der Waals surface area contributed by atoms with E-state index in [1.807, 2.05) is 19.3 Å². The number of ketones is 1. The molecule has 3 heteroatoms. The number of fused-ring (bicyclic) bond motifs is 1. The molecular formula is C18H22N2O. The second-order valence-corrected chi connectivity index (χ2v) is 6.68. The van der Waals surface area contributed by atoms with E-state index in [0.717, 1.165) is 29.9 Å². The van der Waals surface area contributed by atoms with E-state index in [2.05, 4.69) is 48.0 Å². The summed E-state index contributed by atoms with van der Waals surface area (Å²) in [5.41, 5.74) is 4.48. The monoisotopic (exact) mass is 282 g/mol. The molecule has 1 aromatic carbocycles. The highest BCUT2D eigenvalue weighted by molar-refractivity contribution is 5.99.